The minimum absolute atomic E-state index is 0.00737. The minimum atomic E-state index is -0.157. The van der Waals surface area contributed by atoms with Crippen LogP contribution in [0.1, 0.15) is 32.1 Å². The van der Waals surface area contributed by atoms with Crippen molar-refractivity contribution in [1.29, 1.82) is 0 Å². The number of amides is 1. The van der Waals surface area contributed by atoms with Crippen LogP contribution in [0.25, 0.3) is 0 Å². The fraction of sp³-hybridized carbons (Fsp3) is 0.588. The summed E-state index contributed by atoms with van der Waals surface area (Å²) in [5, 5.41) is 7.24. The number of carbonyl (C=O) groups is 1. The summed E-state index contributed by atoms with van der Waals surface area (Å²) in [4.78, 5) is 29.5. The summed E-state index contributed by atoms with van der Waals surface area (Å²) in [6, 6.07) is 1.66. The summed E-state index contributed by atoms with van der Waals surface area (Å²) in [7, 11) is 0. The molecule has 1 N–H and O–H groups in total. The van der Waals surface area contributed by atoms with Gasteiger partial charge >= 0.3 is 0 Å². The Morgan fingerprint density at radius 3 is 2.62 bits per heavy atom. The van der Waals surface area contributed by atoms with E-state index in [2.05, 4.69) is 42.1 Å². The third-order valence-corrected chi connectivity index (χ3v) is 4.42. The third kappa shape index (κ3) is 4.54. The maximum Gasteiger partial charge on any atom is 0.234 e. The molecule has 1 aliphatic heterocycles. The Morgan fingerprint density at radius 2 is 1.92 bits per heavy atom. The van der Waals surface area contributed by atoms with Crippen LogP contribution in [0.5, 0.6) is 0 Å². The Morgan fingerprint density at radius 1 is 1.19 bits per heavy atom. The second-order valence-electron chi connectivity index (χ2n) is 6.44. The highest BCUT2D eigenvalue weighted by atomic mass is 16.2. The molecule has 1 saturated heterocycles. The summed E-state index contributed by atoms with van der Waals surface area (Å²) in [5.74, 6) is 1.56. The predicted molar refractivity (Wildman–Crippen MR) is 97.6 cm³/mol. The van der Waals surface area contributed by atoms with E-state index in [0.29, 0.717) is 6.54 Å². The number of piperazine rings is 1. The Bertz CT molecular complexity index is 696. The van der Waals surface area contributed by atoms with E-state index in [-0.39, 0.29) is 11.9 Å². The van der Waals surface area contributed by atoms with E-state index in [1.54, 1.807) is 18.7 Å². The van der Waals surface area contributed by atoms with Crippen molar-refractivity contribution in [3.8, 4) is 0 Å². The topological polar surface area (TPSA) is 92.1 Å². The van der Waals surface area contributed by atoms with Gasteiger partial charge in [0.05, 0.1) is 12.6 Å². The molecule has 3 rings (SSSR count). The molecule has 2 aromatic heterocycles. The fourth-order valence-corrected chi connectivity index (χ4v) is 3.11. The summed E-state index contributed by atoms with van der Waals surface area (Å²) < 4.78 is 1.85. The standard InChI is InChI=1S/C17H26N8O/c1-3-7-25-16(20-13-21-25)14(2)22-15(26)12-23-8-10-24(11-9-23)17-18-5-4-6-19-17/h4-6,13-14H,3,7-12H2,1-2H3,(H,22,26)/t14-/m0/s1. The lowest BCUT2D eigenvalue weighted by Crippen LogP contribution is -2.50. The van der Waals surface area contributed by atoms with Gasteiger partial charge in [-0.15, -0.1) is 0 Å². The van der Waals surface area contributed by atoms with Crippen molar-refractivity contribution in [2.45, 2.75) is 32.9 Å². The highest BCUT2D eigenvalue weighted by Gasteiger charge is 2.22. The molecule has 0 aromatic carbocycles. The largest absolute Gasteiger partial charge is 0.345 e. The molecule has 1 fully saturated rings. The highest BCUT2D eigenvalue weighted by Crippen LogP contribution is 2.11. The van der Waals surface area contributed by atoms with Crippen LogP contribution >= 0.6 is 0 Å². The molecule has 0 spiro atoms. The van der Waals surface area contributed by atoms with Crippen LogP contribution < -0.4 is 10.2 Å². The average molecular weight is 358 g/mol. The van der Waals surface area contributed by atoms with Gasteiger partial charge in [-0.1, -0.05) is 6.92 Å². The zero-order valence-electron chi connectivity index (χ0n) is 15.4. The number of nitrogens with one attached hydrogen (secondary N) is 1. The van der Waals surface area contributed by atoms with Gasteiger partial charge in [0.1, 0.15) is 12.2 Å². The normalized spacial score (nSPS) is 16.5. The average Bonchev–Trinajstić information content (AvgIpc) is 3.12. The van der Waals surface area contributed by atoms with Crippen LogP contribution in [-0.2, 0) is 11.3 Å². The first-order valence-corrected chi connectivity index (χ1v) is 9.08. The van der Waals surface area contributed by atoms with Crippen molar-refractivity contribution >= 4 is 11.9 Å². The maximum absolute atomic E-state index is 12.4. The van der Waals surface area contributed by atoms with Gasteiger partial charge in [-0.05, 0) is 19.4 Å². The smallest absolute Gasteiger partial charge is 0.234 e. The van der Waals surface area contributed by atoms with E-state index in [4.69, 9.17) is 0 Å². The Kier molecular flexibility index (Phi) is 6.11. The van der Waals surface area contributed by atoms with Gasteiger partial charge in [0.25, 0.3) is 0 Å². The van der Waals surface area contributed by atoms with Crippen molar-refractivity contribution in [3.63, 3.8) is 0 Å². The van der Waals surface area contributed by atoms with Crippen LogP contribution in [0.15, 0.2) is 24.8 Å². The molecule has 9 nitrogen and oxygen atoms in total. The molecular weight excluding hydrogens is 332 g/mol. The van der Waals surface area contributed by atoms with E-state index in [1.165, 1.54) is 0 Å². The molecule has 1 amide bonds. The number of aromatic nitrogens is 5. The van der Waals surface area contributed by atoms with Gasteiger partial charge in [-0.25, -0.2) is 19.6 Å². The Labute approximate surface area is 153 Å². The van der Waals surface area contributed by atoms with E-state index in [1.807, 2.05) is 17.7 Å². The van der Waals surface area contributed by atoms with Crippen molar-refractivity contribution < 1.29 is 4.79 Å². The predicted octanol–water partition coefficient (Wildman–Crippen LogP) is 0.478. The second-order valence-corrected chi connectivity index (χ2v) is 6.44. The minimum Gasteiger partial charge on any atom is -0.345 e. The van der Waals surface area contributed by atoms with Crippen molar-refractivity contribution in [2.24, 2.45) is 0 Å². The fourth-order valence-electron chi connectivity index (χ4n) is 3.11. The first kappa shape index (κ1) is 18.2. The van der Waals surface area contributed by atoms with Gasteiger partial charge < -0.3 is 10.2 Å². The van der Waals surface area contributed by atoms with Gasteiger partial charge in [-0.2, -0.15) is 5.10 Å². The number of anilines is 1. The second kappa shape index (κ2) is 8.70. The molecule has 0 saturated carbocycles. The van der Waals surface area contributed by atoms with Crippen molar-refractivity contribution in [3.05, 3.63) is 30.6 Å². The SMILES string of the molecule is CCCn1ncnc1[C@H](C)NC(=O)CN1CCN(c2ncccn2)CC1. The molecule has 1 aliphatic rings. The number of nitrogens with zero attached hydrogens (tertiary/aromatic N) is 7. The molecule has 1 atom stereocenters. The number of carbonyl (C=O) groups excluding carboxylic acids is 1. The summed E-state index contributed by atoms with van der Waals surface area (Å²) >= 11 is 0. The molecule has 0 bridgehead atoms. The van der Waals surface area contributed by atoms with Crippen LogP contribution in [0.4, 0.5) is 5.95 Å². The van der Waals surface area contributed by atoms with E-state index < -0.39 is 0 Å². The first-order valence-electron chi connectivity index (χ1n) is 9.08. The molecular formula is C17H26N8O. The number of rotatable bonds is 7. The number of hydrogen-bond acceptors (Lipinski definition) is 7. The summed E-state index contributed by atoms with van der Waals surface area (Å²) in [6.07, 6.45) is 6.02. The van der Waals surface area contributed by atoms with E-state index in [0.717, 1.165) is 50.9 Å². The Balaban J connectivity index is 1.46. The van der Waals surface area contributed by atoms with E-state index >= 15 is 0 Å². The molecule has 0 radical (unpaired) electrons. The zero-order valence-corrected chi connectivity index (χ0v) is 15.4. The van der Waals surface area contributed by atoms with Gasteiger partial charge in [0.15, 0.2) is 0 Å². The molecule has 2 aromatic rings. The lowest BCUT2D eigenvalue weighted by molar-refractivity contribution is -0.123. The van der Waals surface area contributed by atoms with Crippen LogP contribution in [0.2, 0.25) is 0 Å². The van der Waals surface area contributed by atoms with Gasteiger partial charge in [-0.3, -0.25) is 9.69 Å². The summed E-state index contributed by atoms with van der Waals surface area (Å²) in [5.41, 5.74) is 0. The molecule has 9 heteroatoms. The number of aryl methyl sites for hydroxylation is 1. The zero-order chi connectivity index (χ0) is 18.4. The molecule has 3 heterocycles. The maximum atomic E-state index is 12.4. The third-order valence-electron chi connectivity index (χ3n) is 4.42. The molecule has 0 aliphatic carbocycles. The molecule has 140 valence electrons. The monoisotopic (exact) mass is 358 g/mol. The molecule has 26 heavy (non-hydrogen) atoms. The first-order chi connectivity index (χ1) is 12.7. The number of hydrogen-bond donors (Lipinski definition) is 1. The van der Waals surface area contributed by atoms with Gasteiger partial charge in [0.2, 0.25) is 11.9 Å². The lowest BCUT2D eigenvalue weighted by atomic mass is 10.3. The lowest BCUT2D eigenvalue weighted by Gasteiger charge is -2.34. The molecule has 0 unspecified atom stereocenters. The highest BCUT2D eigenvalue weighted by molar-refractivity contribution is 5.78. The summed E-state index contributed by atoms with van der Waals surface area (Å²) in [6.45, 7) is 8.48. The van der Waals surface area contributed by atoms with Gasteiger partial charge in [0, 0.05) is 45.1 Å². The van der Waals surface area contributed by atoms with Crippen molar-refractivity contribution in [2.75, 3.05) is 37.6 Å². The quantitative estimate of drug-likeness (QED) is 0.769. The van der Waals surface area contributed by atoms with Crippen LogP contribution in [0, 0.1) is 0 Å². The Hall–Kier alpha value is -2.55. The van der Waals surface area contributed by atoms with Crippen LogP contribution in [-0.4, -0.2) is 68.3 Å². The van der Waals surface area contributed by atoms with E-state index in [9.17, 15) is 4.79 Å². The van der Waals surface area contributed by atoms with Crippen molar-refractivity contribution in [1.82, 2.24) is 34.9 Å². The van der Waals surface area contributed by atoms with Crippen LogP contribution in [0.3, 0.4) is 0 Å².